The molecule has 1 aliphatic rings. The molecule has 170 valence electrons. The molecule has 2 N–H and O–H groups in total. The van der Waals surface area contributed by atoms with Gasteiger partial charge in [0.05, 0.1) is 18.2 Å². The highest BCUT2D eigenvalue weighted by Crippen LogP contribution is 2.32. The van der Waals surface area contributed by atoms with Gasteiger partial charge in [-0.1, -0.05) is 0 Å². The highest BCUT2D eigenvalue weighted by molar-refractivity contribution is 6.07. The molecule has 0 aromatic carbocycles. The number of piperidine rings is 1. The zero-order valence-electron chi connectivity index (χ0n) is 18.2. The van der Waals surface area contributed by atoms with Crippen molar-refractivity contribution in [2.75, 3.05) is 13.7 Å². The van der Waals surface area contributed by atoms with Gasteiger partial charge in [0.25, 0.3) is 0 Å². The minimum Gasteiger partial charge on any atom is -0.481 e. The molecule has 10 nitrogen and oxygen atoms in total. The predicted molar refractivity (Wildman–Crippen MR) is 117 cm³/mol. The molecule has 0 bridgehead atoms. The van der Waals surface area contributed by atoms with E-state index in [0.717, 1.165) is 0 Å². The molecule has 0 saturated carbocycles. The van der Waals surface area contributed by atoms with E-state index in [1.54, 1.807) is 30.6 Å². The van der Waals surface area contributed by atoms with Crippen LogP contribution in [0.1, 0.15) is 40.5 Å². The zero-order valence-corrected chi connectivity index (χ0v) is 18.2. The van der Waals surface area contributed by atoms with Crippen LogP contribution in [0.3, 0.4) is 0 Å². The second-order valence-electron chi connectivity index (χ2n) is 7.76. The summed E-state index contributed by atoms with van der Waals surface area (Å²) in [5, 5.41) is 12.6. The SMILES string of the molecule is COc1ccc(C(=O)[C@@]2(Oc3cc(C(=O)O)ccn3)CC[C@@H](C)NC2)c(-c2ncccn2)n1. The monoisotopic (exact) mass is 449 g/mol. The summed E-state index contributed by atoms with van der Waals surface area (Å²) in [6, 6.07) is 7.74. The number of nitrogens with zero attached hydrogens (tertiary/aromatic N) is 4. The molecule has 1 saturated heterocycles. The maximum Gasteiger partial charge on any atom is 0.335 e. The number of ether oxygens (including phenoxy) is 2. The Balaban J connectivity index is 1.78. The average molecular weight is 449 g/mol. The van der Waals surface area contributed by atoms with E-state index in [-0.39, 0.29) is 46.9 Å². The minimum absolute atomic E-state index is 0.0178. The molecule has 4 heterocycles. The van der Waals surface area contributed by atoms with Crippen LogP contribution in [0.2, 0.25) is 0 Å². The fourth-order valence-corrected chi connectivity index (χ4v) is 3.68. The lowest BCUT2D eigenvalue weighted by molar-refractivity contribution is 0.0264. The maximum atomic E-state index is 14.0. The Kier molecular flexibility index (Phi) is 6.27. The summed E-state index contributed by atoms with van der Waals surface area (Å²) in [6.07, 6.45) is 5.55. The Morgan fingerprint density at radius 2 is 1.91 bits per heavy atom. The third-order valence-electron chi connectivity index (χ3n) is 5.51. The Labute approximate surface area is 190 Å². The number of carboxylic acid groups (broad SMARTS) is 1. The molecular weight excluding hydrogens is 426 g/mol. The summed E-state index contributed by atoms with van der Waals surface area (Å²) in [4.78, 5) is 42.5. The second-order valence-corrected chi connectivity index (χ2v) is 7.76. The Hall–Kier alpha value is -3.92. The second kappa shape index (κ2) is 9.29. The number of methoxy groups -OCH3 is 1. The van der Waals surface area contributed by atoms with Gasteiger partial charge in [-0.3, -0.25) is 4.79 Å². The van der Waals surface area contributed by atoms with Gasteiger partial charge in [0.2, 0.25) is 17.5 Å². The molecule has 4 rings (SSSR count). The number of rotatable bonds is 7. The van der Waals surface area contributed by atoms with Crippen molar-refractivity contribution in [1.82, 2.24) is 25.3 Å². The normalized spacial score (nSPS) is 20.1. The molecule has 3 aromatic heterocycles. The van der Waals surface area contributed by atoms with Crippen molar-refractivity contribution < 1.29 is 24.2 Å². The first kappa shape index (κ1) is 22.3. The molecule has 0 unspecified atom stereocenters. The number of carboxylic acids is 1. The largest absolute Gasteiger partial charge is 0.481 e. The average Bonchev–Trinajstić information content (AvgIpc) is 2.85. The van der Waals surface area contributed by atoms with Gasteiger partial charge in [0, 0.05) is 43.3 Å². The van der Waals surface area contributed by atoms with E-state index in [2.05, 4.69) is 25.3 Å². The molecule has 0 spiro atoms. The van der Waals surface area contributed by atoms with Crippen LogP contribution >= 0.6 is 0 Å². The van der Waals surface area contributed by atoms with Crippen molar-refractivity contribution in [3.63, 3.8) is 0 Å². The topological polar surface area (TPSA) is 136 Å². The van der Waals surface area contributed by atoms with E-state index in [1.165, 1.54) is 25.4 Å². The molecule has 1 aliphatic heterocycles. The van der Waals surface area contributed by atoms with Gasteiger partial charge in [0.15, 0.2) is 11.4 Å². The molecule has 2 atom stereocenters. The predicted octanol–water partition coefficient (Wildman–Crippen LogP) is 2.41. The number of ketones is 1. The van der Waals surface area contributed by atoms with Crippen LogP contribution in [-0.4, -0.2) is 62.1 Å². The van der Waals surface area contributed by atoms with E-state index in [9.17, 15) is 14.7 Å². The van der Waals surface area contributed by atoms with Gasteiger partial charge in [-0.2, -0.15) is 0 Å². The third-order valence-corrected chi connectivity index (χ3v) is 5.51. The van der Waals surface area contributed by atoms with E-state index >= 15 is 0 Å². The third kappa shape index (κ3) is 4.65. The van der Waals surface area contributed by atoms with Crippen molar-refractivity contribution in [2.24, 2.45) is 0 Å². The Morgan fingerprint density at radius 3 is 2.58 bits per heavy atom. The number of hydrogen-bond acceptors (Lipinski definition) is 9. The number of carbonyl (C=O) groups is 2. The first-order chi connectivity index (χ1) is 15.9. The highest BCUT2D eigenvalue weighted by Gasteiger charge is 2.45. The fourth-order valence-electron chi connectivity index (χ4n) is 3.68. The lowest BCUT2D eigenvalue weighted by atomic mass is 9.83. The molecule has 33 heavy (non-hydrogen) atoms. The number of carbonyl (C=O) groups excluding carboxylic acids is 1. The lowest BCUT2D eigenvalue weighted by Crippen LogP contribution is -2.58. The summed E-state index contributed by atoms with van der Waals surface area (Å²) in [6.45, 7) is 2.24. The van der Waals surface area contributed by atoms with Crippen LogP contribution in [0, 0.1) is 0 Å². The number of nitrogens with one attached hydrogen (secondary N) is 1. The van der Waals surface area contributed by atoms with Gasteiger partial charge >= 0.3 is 5.97 Å². The Bertz CT molecular complexity index is 1160. The molecule has 10 heteroatoms. The van der Waals surface area contributed by atoms with Gasteiger partial charge in [-0.25, -0.2) is 24.7 Å². The number of Topliss-reactive ketones (excluding diaryl/α,β-unsaturated/α-hetero) is 1. The fraction of sp³-hybridized carbons (Fsp3) is 0.304. The summed E-state index contributed by atoms with van der Waals surface area (Å²) in [5.41, 5.74) is -0.762. The summed E-state index contributed by atoms with van der Waals surface area (Å²) in [7, 11) is 1.48. The quantitative estimate of drug-likeness (QED) is 0.517. The lowest BCUT2D eigenvalue weighted by Gasteiger charge is -2.38. The summed E-state index contributed by atoms with van der Waals surface area (Å²) >= 11 is 0. The molecule has 3 aromatic rings. The molecule has 0 amide bonds. The maximum absolute atomic E-state index is 14.0. The van der Waals surface area contributed by atoms with Crippen molar-refractivity contribution in [1.29, 1.82) is 0 Å². The smallest absolute Gasteiger partial charge is 0.335 e. The molecular formula is C23H23N5O5. The van der Waals surface area contributed by atoms with Crippen LogP contribution in [-0.2, 0) is 0 Å². The van der Waals surface area contributed by atoms with E-state index in [0.29, 0.717) is 18.7 Å². The van der Waals surface area contributed by atoms with Crippen LogP contribution < -0.4 is 14.8 Å². The van der Waals surface area contributed by atoms with Crippen molar-refractivity contribution in [3.05, 3.63) is 60.0 Å². The van der Waals surface area contributed by atoms with E-state index < -0.39 is 11.6 Å². The van der Waals surface area contributed by atoms with Gasteiger partial charge in [-0.05, 0) is 38.0 Å². The molecule has 0 radical (unpaired) electrons. The number of hydrogen-bond donors (Lipinski definition) is 2. The number of pyridine rings is 2. The zero-order chi connectivity index (χ0) is 23.4. The van der Waals surface area contributed by atoms with Crippen LogP contribution in [0.15, 0.2) is 48.9 Å². The molecule has 0 aliphatic carbocycles. The van der Waals surface area contributed by atoms with Gasteiger partial charge in [0.1, 0.15) is 5.69 Å². The standard InChI is InChI=1S/C23H23N5O5/c1-14-6-8-23(13-27-14,33-18-12-15(22(30)31)7-11-24-18)20(29)16-4-5-17(32-2)28-19(16)21-25-9-3-10-26-21/h3-5,7,9-12,14,27H,6,8,13H2,1-2H3,(H,30,31)/t14-,23-/m1/s1. The minimum atomic E-state index is -1.32. The van der Waals surface area contributed by atoms with E-state index in [4.69, 9.17) is 9.47 Å². The van der Waals surface area contributed by atoms with Crippen LogP contribution in [0.25, 0.3) is 11.5 Å². The molecule has 1 fully saturated rings. The summed E-state index contributed by atoms with van der Waals surface area (Å²) in [5.74, 6) is -0.797. The van der Waals surface area contributed by atoms with Crippen molar-refractivity contribution in [3.8, 4) is 23.3 Å². The van der Waals surface area contributed by atoms with Gasteiger partial charge in [-0.15, -0.1) is 0 Å². The van der Waals surface area contributed by atoms with E-state index in [1.807, 2.05) is 6.92 Å². The highest BCUT2D eigenvalue weighted by atomic mass is 16.5. The number of aromatic nitrogens is 4. The first-order valence-electron chi connectivity index (χ1n) is 10.4. The van der Waals surface area contributed by atoms with Crippen molar-refractivity contribution >= 4 is 11.8 Å². The first-order valence-corrected chi connectivity index (χ1v) is 10.4. The summed E-state index contributed by atoms with van der Waals surface area (Å²) < 4.78 is 11.4. The Morgan fingerprint density at radius 1 is 1.12 bits per heavy atom. The van der Waals surface area contributed by atoms with Crippen LogP contribution in [0.4, 0.5) is 0 Å². The van der Waals surface area contributed by atoms with Crippen LogP contribution in [0.5, 0.6) is 11.8 Å². The number of aromatic carboxylic acids is 1. The van der Waals surface area contributed by atoms with Gasteiger partial charge < -0.3 is 19.9 Å². The van der Waals surface area contributed by atoms with Crippen molar-refractivity contribution in [2.45, 2.75) is 31.4 Å².